The number of hydrogen-bond donors (Lipinski definition) is 2. The minimum atomic E-state index is -0.866. The zero-order valence-electron chi connectivity index (χ0n) is 12.3. The zero-order chi connectivity index (χ0) is 15.3. The Morgan fingerprint density at radius 2 is 2.10 bits per heavy atom. The van der Waals surface area contributed by atoms with Crippen molar-refractivity contribution in [2.24, 2.45) is 5.92 Å². The van der Waals surface area contributed by atoms with Crippen LogP contribution in [0.2, 0.25) is 0 Å². The van der Waals surface area contributed by atoms with Crippen molar-refractivity contribution in [3.05, 3.63) is 12.3 Å². The standard InChI is InChI=1S/C13H22N4O3/c1-9(2)17-11(5-6-14-17)15-12(18)8-16(4)7-10(3)13(19)20/h5-6,9-10H,7-8H2,1-4H3,(H,15,18)(H,19,20). The fourth-order valence-electron chi connectivity index (χ4n) is 1.86. The molecule has 1 aromatic rings. The molecule has 0 bridgehead atoms. The number of likely N-dealkylation sites (N-methyl/N-ethyl adjacent to an activating group) is 1. The maximum absolute atomic E-state index is 11.9. The molecule has 7 nitrogen and oxygen atoms in total. The minimum Gasteiger partial charge on any atom is -0.481 e. The van der Waals surface area contributed by atoms with Gasteiger partial charge in [0, 0.05) is 18.7 Å². The maximum Gasteiger partial charge on any atom is 0.307 e. The van der Waals surface area contributed by atoms with Gasteiger partial charge in [-0.2, -0.15) is 5.10 Å². The number of anilines is 1. The summed E-state index contributed by atoms with van der Waals surface area (Å²) in [4.78, 5) is 24.3. The second-order valence-electron chi connectivity index (χ2n) is 5.24. The van der Waals surface area contributed by atoms with Gasteiger partial charge in [-0.15, -0.1) is 0 Å². The smallest absolute Gasteiger partial charge is 0.307 e. The molecule has 0 aliphatic heterocycles. The van der Waals surface area contributed by atoms with Crippen molar-refractivity contribution in [2.45, 2.75) is 26.8 Å². The van der Waals surface area contributed by atoms with Crippen LogP contribution in [0.1, 0.15) is 26.8 Å². The summed E-state index contributed by atoms with van der Waals surface area (Å²) in [5.41, 5.74) is 0. The highest BCUT2D eigenvalue weighted by atomic mass is 16.4. The third-order valence-corrected chi connectivity index (χ3v) is 2.85. The molecule has 0 saturated carbocycles. The molecular weight excluding hydrogens is 260 g/mol. The largest absolute Gasteiger partial charge is 0.481 e. The number of aliphatic carboxylic acids is 1. The summed E-state index contributed by atoms with van der Waals surface area (Å²) in [5.74, 6) is -0.915. The highest BCUT2D eigenvalue weighted by molar-refractivity contribution is 5.91. The predicted molar refractivity (Wildman–Crippen MR) is 75.5 cm³/mol. The first-order chi connectivity index (χ1) is 9.31. The van der Waals surface area contributed by atoms with Gasteiger partial charge in [0.2, 0.25) is 5.91 Å². The summed E-state index contributed by atoms with van der Waals surface area (Å²) >= 11 is 0. The van der Waals surface area contributed by atoms with E-state index in [0.717, 1.165) is 0 Å². The maximum atomic E-state index is 11.9. The van der Waals surface area contributed by atoms with E-state index in [0.29, 0.717) is 12.4 Å². The van der Waals surface area contributed by atoms with Crippen LogP contribution in [0.5, 0.6) is 0 Å². The first-order valence-electron chi connectivity index (χ1n) is 6.56. The lowest BCUT2D eigenvalue weighted by Crippen LogP contribution is -2.35. The molecule has 1 rings (SSSR count). The molecule has 1 atom stereocenters. The molecule has 112 valence electrons. The number of amides is 1. The van der Waals surface area contributed by atoms with E-state index in [1.165, 1.54) is 0 Å². The third kappa shape index (κ3) is 4.65. The SMILES string of the molecule is CC(CN(C)CC(=O)Nc1ccnn1C(C)C)C(=O)O. The molecule has 0 saturated heterocycles. The molecule has 0 aliphatic rings. The second-order valence-corrected chi connectivity index (χ2v) is 5.24. The lowest BCUT2D eigenvalue weighted by Gasteiger charge is -2.19. The van der Waals surface area contributed by atoms with Gasteiger partial charge in [0.1, 0.15) is 5.82 Å². The van der Waals surface area contributed by atoms with Gasteiger partial charge in [-0.25, -0.2) is 4.68 Å². The van der Waals surface area contributed by atoms with E-state index in [2.05, 4.69) is 10.4 Å². The third-order valence-electron chi connectivity index (χ3n) is 2.85. The van der Waals surface area contributed by atoms with E-state index in [-0.39, 0.29) is 18.5 Å². The lowest BCUT2D eigenvalue weighted by molar-refractivity contribution is -0.141. The van der Waals surface area contributed by atoms with Gasteiger partial charge in [0.15, 0.2) is 0 Å². The van der Waals surface area contributed by atoms with Crippen molar-refractivity contribution in [1.29, 1.82) is 0 Å². The number of carbonyl (C=O) groups is 2. The van der Waals surface area contributed by atoms with Gasteiger partial charge >= 0.3 is 5.97 Å². The van der Waals surface area contributed by atoms with Crippen LogP contribution >= 0.6 is 0 Å². The molecule has 1 heterocycles. The number of rotatable bonds is 7. The van der Waals surface area contributed by atoms with Gasteiger partial charge in [0.05, 0.1) is 18.7 Å². The van der Waals surface area contributed by atoms with Crippen LogP contribution in [0.3, 0.4) is 0 Å². The topological polar surface area (TPSA) is 87.5 Å². The molecular formula is C13H22N4O3. The molecule has 0 aliphatic carbocycles. The summed E-state index contributed by atoms with van der Waals surface area (Å²) < 4.78 is 1.72. The van der Waals surface area contributed by atoms with Crippen LogP contribution in [-0.2, 0) is 9.59 Å². The van der Waals surface area contributed by atoms with Crippen molar-refractivity contribution >= 4 is 17.7 Å². The van der Waals surface area contributed by atoms with E-state index >= 15 is 0 Å². The highest BCUT2D eigenvalue weighted by Crippen LogP contribution is 2.12. The van der Waals surface area contributed by atoms with Crippen molar-refractivity contribution in [1.82, 2.24) is 14.7 Å². The van der Waals surface area contributed by atoms with Gasteiger partial charge in [-0.05, 0) is 20.9 Å². The van der Waals surface area contributed by atoms with Crippen molar-refractivity contribution in [3.8, 4) is 0 Å². The fourth-order valence-corrected chi connectivity index (χ4v) is 1.86. The van der Waals surface area contributed by atoms with Crippen LogP contribution in [0.15, 0.2) is 12.3 Å². The van der Waals surface area contributed by atoms with Crippen LogP contribution < -0.4 is 5.32 Å². The average Bonchev–Trinajstić information content (AvgIpc) is 2.76. The van der Waals surface area contributed by atoms with E-state index in [1.807, 2.05) is 13.8 Å². The number of nitrogens with one attached hydrogen (secondary N) is 1. The molecule has 2 N–H and O–H groups in total. The van der Waals surface area contributed by atoms with E-state index < -0.39 is 11.9 Å². The average molecular weight is 282 g/mol. The number of nitrogens with zero attached hydrogens (tertiary/aromatic N) is 3. The molecule has 0 fully saturated rings. The molecule has 1 amide bonds. The van der Waals surface area contributed by atoms with Gasteiger partial charge in [0.25, 0.3) is 0 Å². The molecule has 1 aromatic heterocycles. The minimum absolute atomic E-state index is 0.140. The number of hydrogen-bond acceptors (Lipinski definition) is 4. The Balaban J connectivity index is 2.51. The Bertz CT molecular complexity index is 470. The normalized spacial score (nSPS) is 12.7. The fraction of sp³-hybridized carbons (Fsp3) is 0.615. The van der Waals surface area contributed by atoms with Crippen molar-refractivity contribution in [2.75, 3.05) is 25.5 Å². The first-order valence-corrected chi connectivity index (χ1v) is 6.56. The number of carboxylic acids is 1. The van der Waals surface area contributed by atoms with Gasteiger partial charge < -0.3 is 10.4 Å². The van der Waals surface area contributed by atoms with E-state index in [1.54, 1.807) is 35.8 Å². The second kappa shape index (κ2) is 7.04. The van der Waals surface area contributed by atoms with Crippen molar-refractivity contribution in [3.63, 3.8) is 0 Å². The van der Waals surface area contributed by atoms with Crippen LogP contribution in [0.25, 0.3) is 0 Å². The van der Waals surface area contributed by atoms with Crippen LogP contribution in [0.4, 0.5) is 5.82 Å². The predicted octanol–water partition coefficient (Wildman–Crippen LogP) is 1.05. The number of carboxylic acid groups (broad SMARTS) is 1. The summed E-state index contributed by atoms with van der Waals surface area (Å²) in [7, 11) is 1.72. The summed E-state index contributed by atoms with van der Waals surface area (Å²) in [6.07, 6.45) is 1.63. The Hall–Kier alpha value is -1.89. The Kier molecular flexibility index (Phi) is 5.69. The monoisotopic (exact) mass is 282 g/mol. The Morgan fingerprint density at radius 3 is 2.65 bits per heavy atom. The van der Waals surface area contributed by atoms with Crippen LogP contribution in [0, 0.1) is 5.92 Å². The quantitative estimate of drug-likeness (QED) is 0.780. The Labute approximate surface area is 118 Å². The van der Waals surface area contributed by atoms with Crippen molar-refractivity contribution < 1.29 is 14.7 Å². The summed E-state index contributed by atoms with van der Waals surface area (Å²) in [5, 5.41) is 15.7. The molecule has 0 radical (unpaired) electrons. The molecule has 7 heteroatoms. The zero-order valence-corrected chi connectivity index (χ0v) is 12.3. The van der Waals surface area contributed by atoms with E-state index in [9.17, 15) is 9.59 Å². The molecule has 1 unspecified atom stereocenters. The van der Waals surface area contributed by atoms with Crippen LogP contribution in [-0.4, -0.2) is 51.8 Å². The molecule has 0 aromatic carbocycles. The molecule has 0 spiro atoms. The summed E-state index contributed by atoms with van der Waals surface area (Å²) in [6, 6.07) is 1.89. The number of aromatic nitrogens is 2. The lowest BCUT2D eigenvalue weighted by atomic mass is 10.2. The highest BCUT2D eigenvalue weighted by Gasteiger charge is 2.16. The van der Waals surface area contributed by atoms with Gasteiger partial charge in [-0.1, -0.05) is 6.92 Å². The summed E-state index contributed by atoms with van der Waals surface area (Å²) in [6.45, 7) is 6.03. The first kappa shape index (κ1) is 16.2. The number of carbonyl (C=O) groups excluding carboxylic acids is 1. The Morgan fingerprint density at radius 1 is 1.45 bits per heavy atom. The van der Waals surface area contributed by atoms with E-state index in [4.69, 9.17) is 5.11 Å². The van der Waals surface area contributed by atoms with Gasteiger partial charge in [-0.3, -0.25) is 14.5 Å². The molecule has 20 heavy (non-hydrogen) atoms.